The number of likely N-dealkylation sites (tertiary alicyclic amines) is 1. The van der Waals surface area contributed by atoms with Crippen molar-refractivity contribution in [2.24, 2.45) is 0 Å². The lowest BCUT2D eigenvalue weighted by atomic mass is 10.1. The third-order valence-electron chi connectivity index (χ3n) is 6.93. The number of benzene rings is 2. The van der Waals surface area contributed by atoms with Gasteiger partial charge in [-0.3, -0.25) is 14.4 Å². The molecule has 2 unspecified atom stereocenters. The Hall–Kier alpha value is -3.50. The van der Waals surface area contributed by atoms with Crippen molar-refractivity contribution in [2.75, 3.05) is 0 Å². The lowest BCUT2D eigenvalue weighted by molar-refractivity contribution is -0.137. The molecule has 2 aliphatic rings. The highest BCUT2D eigenvalue weighted by atomic mass is 19.4. The Balaban J connectivity index is 1.39. The van der Waals surface area contributed by atoms with Crippen LogP contribution in [0.15, 0.2) is 36.4 Å². The SMILES string of the molecule is CC1CCC(C)N1C(=O)c1ccc(CNC(=O)C2(NC(=O)c3cc(F)cc(C(F)(F)F)c3)CC2)cc1F. The monoisotopic (exact) mass is 523 g/mol. The van der Waals surface area contributed by atoms with Gasteiger partial charge in [-0.25, -0.2) is 8.78 Å². The van der Waals surface area contributed by atoms with Gasteiger partial charge in [-0.2, -0.15) is 13.2 Å². The molecule has 2 fully saturated rings. The summed E-state index contributed by atoms with van der Waals surface area (Å²) in [5.41, 5.74) is -2.90. The molecule has 0 bridgehead atoms. The molecule has 4 rings (SSSR count). The topological polar surface area (TPSA) is 78.5 Å². The maximum atomic E-state index is 14.8. The summed E-state index contributed by atoms with van der Waals surface area (Å²) in [6, 6.07) is 5.52. The van der Waals surface area contributed by atoms with Gasteiger partial charge in [-0.1, -0.05) is 6.07 Å². The summed E-state index contributed by atoms with van der Waals surface area (Å²) in [5, 5.41) is 4.97. The zero-order valence-corrected chi connectivity index (χ0v) is 20.2. The molecular formula is C26H26F5N3O3. The van der Waals surface area contributed by atoms with Crippen molar-refractivity contribution in [1.29, 1.82) is 0 Å². The van der Waals surface area contributed by atoms with Crippen LogP contribution in [0.2, 0.25) is 0 Å². The number of alkyl halides is 3. The fourth-order valence-electron chi connectivity index (χ4n) is 4.64. The fourth-order valence-corrected chi connectivity index (χ4v) is 4.64. The van der Waals surface area contributed by atoms with Crippen molar-refractivity contribution in [1.82, 2.24) is 15.5 Å². The van der Waals surface area contributed by atoms with Gasteiger partial charge in [-0.15, -0.1) is 0 Å². The predicted octanol–water partition coefficient (Wildman–Crippen LogP) is 4.58. The number of halogens is 5. The van der Waals surface area contributed by atoms with Crippen LogP contribution < -0.4 is 10.6 Å². The van der Waals surface area contributed by atoms with Gasteiger partial charge in [0.2, 0.25) is 5.91 Å². The number of nitrogens with zero attached hydrogens (tertiary/aromatic N) is 1. The van der Waals surface area contributed by atoms with Gasteiger partial charge < -0.3 is 15.5 Å². The maximum Gasteiger partial charge on any atom is 0.416 e. The highest BCUT2D eigenvalue weighted by molar-refractivity contribution is 6.00. The highest BCUT2D eigenvalue weighted by Gasteiger charge is 2.51. The summed E-state index contributed by atoms with van der Waals surface area (Å²) in [7, 11) is 0. The minimum atomic E-state index is -4.84. The normalized spacial score (nSPS) is 20.5. The maximum absolute atomic E-state index is 14.8. The zero-order chi connectivity index (χ0) is 27.1. The van der Waals surface area contributed by atoms with Crippen molar-refractivity contribution in [2.45, 2.75) is 69.9 Å². The zero-order valence-electron chi connectivity index (χ0n) is 20.2. The molecule has 2 atom stereocenters. The summed E-state index contributed by atoms with van der Waals surface area (Å²) in [5.74, 6) is -3.96. The first-order valence-corrected chi connectivity index (χ1v) is 11.9. The Bertz CT molecular complexity index is 1230. The van der Waals surface area contributed by atoms with Crippen molar-refractivity contribution >= 4 is 17.7 Å². The molecule has 1 aliphatic carbocycles. The number of hydrogen-bond donors (Lipinski definition) is 2. The van der Waals surface area contributed by atoms with E-state index in [0.717, 1.165) is 18.9 Å². The van der Waals surface area contributed by atoms with Gasteiger partial charge in [0.25, 0.3) is 11.8 Å². The summed E-state index contributed by atoms with van der Waals surface area (Å²) in [4.78, 5) is 39.7. The molecule has 2 aromatic carbocycles. The second-order valence-electron chi connectivity index (χ2n) is 9.75. The highest BCUT2D eigenvalue weighted by Crippen LogP contribution is 2.37. The van der Waals surface area contributed by atoms with E-state index in [1.165, 1.54) is 12.1 Å². The lowest BCUT2D eigenvalue weighted by Gasteiger charge is -2.26. The van der Waals surface area contributed by atoms with Gasteiger partial charge >= 0.3 is 6.18 Å². The van der Waals surface area contributed by atoms with E-state index in [4.69, 9.17) is 0 Å². The van der Waals surface area contributed by atoms with Crippen LogP contribution in [0.5, 0.6) is 0 Å². The number of carbonyl (C=O) groups is 3. The average molecular weight is 524 g/mol. The average Bonchev–Trinajstić information content (AvgIpc) is 3.53. The summed E-state index contributed by atoms with van der Waals surface area (Å²) in [6.07, 6.45) is -2.68. The molecule has 1 heterocycles. The smallest absolute Gasteiger partial charge is 0.350 e. The van der Waals surface area contributed by atoms with Crippen LogP contribution in [0.25, 0.3) is 0 Å². The molecule has 11 heteroatoms. The molecule has 3 amide bonds. The van der Waals surface area contributed by atoms with Crippen LogP contribution in [-0.2, 0) is 17.5 Å². The van der Waals surface area contributed by atoms with E-state index in [9.17, 15) is 36.3 Å². The Morgan fingerprint density at radius 1 is 1.00 bits per heavy atom. The second-order valence-corrected chi connectivity index (χ2v) is 9.75. The quantitative estimate of drug-likeness (QED) is 0.545. The number of amides is 3. The first-order chi connectivity index (χ1) is 17.3. The number of hydrogen-bond acceptors (Lipinski definition) is 3. The van der Waals surface area contributed by atoms with Gasteiger partial charge in [-0.05, 0) is 75.4 Å². The molecule has 2 N–H and O–H groups in total. The van der Waals surface area contributed by atoms with E-state index in [0.29, 0.717) is 17.7 Å². The van der Waals surface area contributed by atoms with E-state index in [1.807, 2.05) is 13.8 Å². The molecule has 37 heavy (non-hydrogen) atoms. The van der Waals surface area contributed by atoms with Crippen LogP contribution in [0.4, 0.5) is 22.0 Å². The molecule has 1 saturated heterocycles. The van der Waals surface area contributed by atoms with E-state index >= 15 is 0 Å². The minimum Gasteiger partial charge on any atom is -0.350 e. The fraction of sp³-hybridized carbons (Fsp3) is 0.423. The second kappa shape index (κ2) is 9.75. The van der Waals surface area contributed by atoms with Crippen LogP contribution >= 0.6 is 0 Å². The standard InChI is InChI=1S/C26H26F5N3O3/c1-14-3-4-15(2)34(14)23(36)20-6-5-16(9-21(20)28)13-32-24(37)25(7-8-25)33-22(35)17-10-18(26(29,30)31)12-19(27)11-17/h5-6,9-12,14-15H,3-4,7-8,13H2,1-2H3,(H,32,37)(H,33,35). The van der Waals surface area contributed by atoms with E-state index in [-0.39, 0.29) is 43.1 Å². The van der Waals surface area contributed by atoms with Crippen LogP contribution in [0.1, 0.15) is 71.4 Å². The van der Waals surface area contributed by atoms with E-state index in [1.54, 1.807) is 4.90 Å². The molecule has 2 aromatic rings. The van der Waals surface area contributed by atoms with Crippen molar-refractivity contribution in [3.63, 3.8) is 0 Å². The molecule has 0 radical (unpaired) electrons. The number of rotatable bonds is 6. The van der Waals surface area contributed by atoms with Gasteiger partial charge in [0, 0.05) is 24.2 Å². The molecular weight excluding hydrogens is 497 g/mol. The van der Waals surface area contributed by atoms with Crippen LogP contribution in [-0.4, -0.2) is 40.2 Å². The third-order valence-corrected chi connectivity index (χ3v) is 6.93. The number of nitrogens with one attached hydrogen (secondary N) is 2. The number of carbonyl (C=O) groups excluding carboxylic acids is 3. The van der Waals surface area contributed by atoms with E-state index in [2.05, 4.69) is 10.6 Å². The lowest BCUT2D eigenvalue weighted by Crippen LogP contribution is -2.48. The molecule has 0 spiro atoms. The molecule has 1 aliphatic heterocycles. The summed E-state index contributed by atoms with van der Waals surface area (Å²) < 4.78 is 67.3. The Kier molecular flexibility index (Phi) is 7.00. The summed E-state index contributed by atoms with van der Waals surface area (Å²) in [6.45, 7) is 3.73. The van der Waals surface area contributed by atoms with Gasteiger partial charge in [0.15, 0.2) is 0 Å². The predicted molar refractivity (Wildman–Crippen MR) is 123 cm³/mol. The largest absolute Gasteiger partial charge is 0.416 e. The summed E-state index contributed by atoms with van der Waals surface area (Å²) >= 11 is 0. The molecule has 6 nitrogen and oxygen atoms in total. The van der Waals surface area contributed by atoms with Crippen LogP contribution in [0.3, 0.4) is 0 Å². The third kappa shape index (κ3) is 5.60. The first kappa shape index (κ1) is 26.6. The minimum absolute atomic E-state index is 0.0123. The van der Waals surface area contributed by atoms with Crippen molar-refractivity contribution in [3.05, 3.63) is 70.3 Å². The van der Waals surface area contributed by atoms with Gasteiger partial charge in [0.05, 0.1) is 11.1 Å². The molecule has 198 valence electrons. The Morgan fingerprint density at radius 3 is 2.22 bits per heavy atom. The Labute approximate surface area is 210 Å². The Morgan fingerprint density at radius 2 is 1.65 bits per heavy atom. The van der Waals surface area contributed by atoms with Gasteiger partial charge in [0.1, 0.15) is 17.2 Å². The first-order valence-electron chi connectivity index (χ1n) is 11.9. The molecule has 1 saturated carbocycles. The van der Waals surface area contributed by atoms with Crippen molar-refractivity contribution in [3.8, 4) is 0 Å². The molecule has 0 aromatic heterocycles. The van der Waals surface area contributed by atoms with E-state index < -0.39 is 52.2 Å². The van der Waals surface area contributed by atoms with Crippen molar-refractivity contribution < 1.29 is 36.3 Å². The van der Waals surface area contributed by atoms with Crippen LogP contribution in [0, 0.1) is 11.6 Å².